The summed E-state index contributed by atoms with van der Waals surface area (Å²) < 4.78 is 0. The zero-order chi connectivity index (χ0) is 19.8. The Morgan fingerprint density at radius 3 is 3.00 bits per heavy atom. The van der Waals surface area contributed by atoms with Crippen molar-refractivity contribution in [2.24, 2.45) is 0 Å². The second kappa shape index (κ2) is 7.74. The fraction of sp³-hybridized carbons (Fsp3) is 0.200. The number of amides is 1. The van der Waals surface area contributed by atoms with Crippen LogP contribution in [0.2, 0.25) is 0 Å². The van der Waals surface area contributed by atoms with Crippen LogP contribution in [-0.2, 0) is 11.2 Å². The van der Waals surface area contributed by atoms with E-state index in [-0.39, 0.29) is 5.91 Å². The minimum absolute atomic E-state index is 0.0773. The molecule has 4 aromatic rings. The van der Waals surface area contributed by atoms with Gasteiger partial charge in [-0.3, -0.25) is 9.89 Å². The van der Waals surface area contributed by atoms with Crippen LogP contribution in [-0.4, -0.2) is 38.4 Å². The summed E-state index contributed by atoms with van der Waals surface area (Å²) in [5, 5.41) is 12.9. The minimum Gasteiger partial charge on any atom is -0.311 e. The number of carbonyl (C=O) groups excluding carboxylic acids is 1. The average molecular weight is 440 g/mol. The number of aromatic amines is 1. The maximum atomic E-state index is 12.8. The predicted octanol–water partition coefficient (Wildman–Crippen LogP) is 4.65. The van der Waals surface area contributed by atoms with E-state index in [9.17, 15) is 4.79 Å². The summed E-state index contributed by atoms with van der Waals surface area (Å²) in [5.74, 6) is 1.13. The molecule has 0 fully saturated rings. The fourth-order valence-electron chi connectivity index (χ4n) is 3.35. The van der Waals surface area contributed by atoms with Crippen LogP contribution in [0.25, 0.3) is 22.0 Å². The highest BCUT2D eigenvalue weighted by Crippen LogP contribution is 2.33. The lowest BCUT2D eigenvalue weighted by Gasteiger charge is -2.17. The summed E-state index contributed by atoms with van der Waals surface area (Å²) in [6, 6.07) is 10.2. The van der Waals surface area contributed by atoms with Crippen molar-refractivity contribution < 1.29 is 4.79 Å². The molecule has 1 aromatic carbocycles. The van der Waals surface area contributed by atoms with E-state index in [0.717, 1.165) is 39.1 Å². The number of nitrogens with one attached hydrogen (secondary N) is 1. The standard InChI is InChI=1S/C20H17N5OS3/c1-12-21-15(10-28-12)13-4-5-16-14(9-13)6-7-25(16)18(26)11-29-20-22-19(23-24-20)17-3-2-8-27-17/h2-5,8-10H,6-7,11H2,1H3,(H,22,23,24). The van der Waals surface area contributed by atoms with Crippen molar-refractivity contribution in [2.75, 3.05) is 17.2 Å². The molecule has 146 valence electrons. The van der Waals surface area contributed by atoms with Crippen molar-refractivity contribution >= 4 is 46.0 Å². The number of fused-ring (bicyclic) bond motifs is 1. The van der Waals surface area contributed by atoms with Crippen LogP contribution in [0.4, 0.5) is 5.69 Å². The van der Waals surface area contributed by atoms with E-state index in [4.69, 9.17) is 0 Å². The van der Waals surface area contributed by atoms with Gasteiger partial charge in [0.25, 0.3) is 0 Å². The molecule has 6 nitrogen and oxygen atoms in total. The smallest absolute Gasteiger partial charge is 0.237 e. The molecule has 0 atom stereocenters. The molecule has 0 saturated carbocycles. The molecule has 0 spiro atoms. The molecular weight excluding hydrogens is 422 g/mol. The first kappa shape index (κ1) is 18.5. The van der Waals surface area contributed by atoms with Crippen LogP contribution in [0.3, 0.4) is 0 Å². The number of benzene rings is 1. The van der Waals surface area contributed by atoms with Crippen molar-refractivity contribution in [2.45, 2.75) is 18.5 Å². The predicted molar refractivity (Wildman–Crippen MR) is 119 cm³/mol. The van der Waals surface area contributed by atoms with Gasteiger partial charge in [-0.25, -0.2) is 9.97 Å². The maximum absolute atomic E-state index is 12.8. The molecule has 0 radical (unpaired) electrons. The third-order valence-corrected chi connectivity index (χ3v) is 7.22. The number of aromatic nitrogens is 4. The third-order valence-electron chi connectivity index (χ3n) is 4.74. The molecule has 0 aliphatic carbocycles. The summed E-state index contributed by atoms with van der Waals surface area (Å²) in [6.45, 7) is 2.72. The van der Waals surface area contributed by atoms with Gasteiger partial charge in [-0.05, 0) is 42.5 Å². The largest absolute Gasteiger partial charge is 0.311 e. The Morgan fingerprint density at radius 2 is 2.21 bits per heavy atom. The lowest BCUT2D eigenvalue weighted by molar-refractivity contribution is -0.116. The Kier molecular flexibility index (Phi) is 4.94. The van der Waals surface area contributed by atoms with Crippen LogP contribution in [0.5, 0.6) is 0 Å². The summed E-state index contributed by atoms with van der Waals surface area (Å²) in [4.78, 5) is 24.7. The van der Waals surface area contributed by atoms with E-state index < -0.39 is 0 Å². The van der Waals surface area contributed by atoms with E-state index in [1.165, 1.54) is 17.3 Å². The van der Waals surface area contributed by atoms with Gasteiger partial charge in [0.15, 0.2) is 5.82 Å². The van der Waals surface area contributed by atoms with Crippen molar-refractivity contribution in [3.8, 4) is 22.0 Å². The molecule has 3 aromatic heterocycles. The summed E-state index contributed by atoms with van der Waals surface area (Å²) in [5.41, 5.74) is 4.31. The number of thiophene rings is 1. The SMILES string of the molecule is Cc1nc(-c2ccc3c(c2)CCN3C(=O)CSc2n[nH]c(-c3cccs3)n2)cs1. The lowest BCUT2D eigenvalue weighted by atomic mass is 10.1. The van der Waals surface area contributed by atoms with Gasteiger partial charge < -0.3 is 4.90 Å². The van der Waals surface area contributed by atoms with E-state index in [1.807, 2.05) is 35.4 Å². The van der Waals surface area contributed by atoms with Gasteiger partial charge in [0.2, 0.25) is 11.1 Å². The average Bonchev–Trinajstić information content (AvgIpc) is 3.52. The Morgan fingerprint density at radius 1 is 1.28 bits per heavy atom. The number of H-pyrrole nitrogens is 1. The molecule has 0 saturated heterocycles. The number of anilines is 1. The number of thioether (sulfide) groups is 1. The normalized spacial score (nSPS) is 13.1. The summed E-state index contributed by atoms with van der Waals surface area (Å²) in [7, 11) is 0. The molecule has 9 heteroatoms. The molecule has 1 N–H and O–H groups in total. The molecule has 0 bridgehead atoms. The number of hydrogen-bond acceptors (Lipinski definition) is 7. The molecular formula is C20H17N5OS3. The molecule has 4 heterocycles. The molecule has 1 aliphatic rings. The number of rotatable bonds is 5. The van der Waals surface area contributed by atoms with Crippen molar-refractivity contribution in [1.29, 1.82) is 0 Å². The first-order valence-corrected chi connectivity index (χ1v) is 11.9. The van der Waals surface area contributed by atoms with Crippen molar-refractivity contribution in [3.05, 3.63) is 51.7 Å². The first-order chi connectivity index (χ1) is 14.2. The highest BCUT2D eigenvalue weighted by atomic mass is 32.2. The van der Waals surface area contributed by atoms with E-state index in [0.29, 0.717) is 17.5 Å². The van der Waals surface area contributed by atoms with Gasteiger partial charge in [0.1, 0.15) is 0 Å². The molecule has 5 rings (SSSR count). The quantitative estimate of drug-likeness (QED) is 0.458. The topological polar surface area (TPSA) is 74.8 Å². The summed E-state index contributed by atoms with van der Waals surface area (Å²) >= 11 is 4.62. The highest BCUT2D eigenvalue weighted by Gasteiger charge is 2.25. The van der Waals surface area contributed by atoms with Crippen LogP contribution in [0.1, 0.15) is 10.6 Å². The lowest BCUT2D eigenvalue weighted by Crippen LogP contribution is -2.30. The number of aryl methyl sites for hydroxylation is 1. The van der Waals surface area contributed by atoms with Gasteiger partial charge in [-0.2, -0.15) is 0 Å². The first-order valence-electron chi connectivity index (χ1n) is 9.12. The van der Waals surface area contributed by atoms with Crippen LogP contribution in [0.15, 0.2) is 46.2 Å². The minimum atomic E-state index is 0.0773. The van der Waals surface area contributed by atoms with E-state index >= 15 is 0 Å². The second-order valence-corrected chi connectivity index (χ2v) is 9.58. The van der Waals surface area contributed by atoms with Gasteiger partial charge in [0, 0.05) is 23.2 Å². The third kappa shape index (κ3) is 3.73. The fourth-order valence-corrected chi connectivity index (χ4v) is 5.32. The van der Waals surface area contributed by atoms with Crippen LogP contribution >= 0.6 is 34.4 Å². The van der Waals surface area contributed by atoms with Gasteiger partial charge in [0.05, 0.1) is 21.3 Å². The highest BCUT2D eigenvalue weighted by molar-refractivity contribution is 7.99. The molecule has 0 unspecified atom stereocenters. The van der Waals surface area contributed by atoms with E-state index in [2.05, 4.69) is 37.7 Å². The Balaban J connectivity index is 1.26. The maximum Gasteiger partial charge on any atom is 0.237 e. The number of nitrogens with zero attached hydrogens (tertiary/aromatic N) is 4. The van der Waals surface area contributed by atoms with Gasteiger partial charge in [-0.1, -0.05) is 23.9 Å². The van der Waals surface area contributed by atoms with Gasteiger partial charge >= 0.3 is 0 Å². The van der Waals surface area contributed by atoms with Crippen molar-refractivity contribution in [3.63, 3.8) is 0 Å². The molecule has 1 aliphatic heterocycles. The second-order valence-electron chi connectivity index (χ2n) is 6.62. The summed E-state index contributed by atoms with van der Waals surface area (Å²) in [6.07, 6.45) is 0.867. The number of hydrogen-bond donors (Lipinski definition) is 1. The molecule has 1 amide bonds. The number of carbonyl (C=O) groups is 1. The van der Waals surface area contributed by atoms with Gasteiger partial charge in [-0.15, -0.1) is 27.8 Å². The zero-order valence-corrected chi connectivity index (χ0v) is 18.0. The number of thiazole rings is 1. The van der Waals surface area contributed by atoms with Crippen molar-refractivity contribution in [1.82, 2.24) is 20.2 Å². The Hall–Kier alpha value is -2.49. The van der Waals surface area contributed by atoms with Crippen LogP contribution in [0, 0.1) is 6.92 Å². The Bertz CT molecular complexity index is 1160. The van der Waals surface area contributed by atoms with E-state index in [1.54, 1.807) is 22.7 Å². The van der Waals surface area contributed by atoms with Crippen LogP contribution < -0.4 is 4.90 Å². The molecule has 29 heavy (non-hydrogen) atoms. The Labute approximate surface area is 180 Å². The monoisotopic (exact) mass is 439 g/mol. The zero-order valence-electron chi connectivity index (χ0n) is 15.6.